The van der Waals surface area contributed by atoms with E-state index in [9.17, 15) is 9.00 Å². The van der Waals surface area contributed by atoms with Gasteiger partial charge in [-0.3, -0.25) is 4.21 Å². The number of benzene rings is 1. The van der Waals surface area contributed by atoms with Crippen LogP contribution in [0.25, 0.3) is 0 Å². The van der Waals surface area contributed by atoms with Crippen molar-refractivity contribution in [2.24, 2.45) is 0 Å². The minimum atomic E-state index is -0.980. The van der Waals surface area contributed by atoms with Gasteiger partial charge in [0.1, 0.15) is 0 Å². The summed E-state index contributed by atoms with van der Waals surface area (Å²) in [4.78, 5) is 11.9. The van der Waals surface area contributed by atoms with Gasteiger partial charge in [-0.05, 0) is 43.9 Å². The molecule has 1 atom stereocenters. The molecule has 1 aromatic rings. The van der Waals surface area contributed by atoms with E-state index < -0.39 is 10.8 Å². The van der Waals surface area contributed by atoms with E-state index >= 15 is 0 Å². The lowest BCUT2D eigenvalue weighted by Crippen LogP contribution is -2.38. The Morgan fingerprint density at radius 1 is 1.43 bits per heavy atom. The largest absolute Gasteiger partial charge is 0.336 e. The maximum atomic E-state index is 11.9. The quantitative estimate of drug-likeness (QED) is 0.827. The standard InChI is InChI=1S/C14H21ClN2O2S2/c1-14(2,20-3)9-16-13(18)17-11-5-6-12(15)10(7-11)8-21(4)19/h5-7H,8-9H2,1-4H3,(H2,16,17,18)/t21-/m1/s1. The molecular formula is C14H21ClN2O2S2. The van der Waals surface area contributed by atoms with Gasteiger partial charge in [-0.2, -0.15) is 11.8 Å². The van der Waals surface area contributed by atoms with Gasteiger partial charge >= 0.3 is 6.03 Å². The van der Waals surface area contributed by atoms with E-state index in [1.54, 1.807) is 36.2 Å². The van der Waals surface area contributed by atoms with Crippen LogP contribution in [0.1, 0.15) is 19.4 Å². The second-order valence-corrected chi connectivity index (χ2v) is 8.65. The molecule has 7 heteroatoms. The minimum Gasteiger partial charge on any atom is -0.336 e. The minimum absolute atomic E-state index is 0.0123. The van der Waals surface area contributed by atoms with Gasteiger partial charge in [0.2, 0.25) is 0 Å². The Labute approximate surface area is 137 Å². The molecular weight excluding hydrogens is 328 g/mol. The molecule has 2 N–H and O–H groups in total. The van der Waals surface area contributed by atoms with Crippen molar-refractivity contribution in [1.29, 1.82) is 0 Å². The van der Waals surface area contributed by atoms with Gasteiger partial charge in [0.15, 0.2) is 0 Å². The lowest BCUT2D eigenvalue weighted by Gasteiger charge is -2.22. The molecule has 2 amide bonds. The molecule has 0 fully saturated rings. The zero-order chi connectivity index (χ0) is 16.0. The van der Waals surface area contributed by atoms with E-state index in [4.69, 9.17) is 11.6 Å². The first-order valence-corrected chi connectivity index (χ1v) is 9.75. The van der Waals surface area contributed by atoms with Crippen LogP contribution in [0.5, 0.6) is 0 Å². The monoisotopic (exact) mass is 348 g/mol. The highest BCUT2D eigenvalue weighted by molar-refractivity contribution is 7.99. The fourth-order valence-electron chi connectivity index (χ4n) is 1.52. The molecule has 1 rings (SSSR count). The summed E-state index contributed by atoms with van der Waals surface area (Å²) in [6.45, 7) is 4.70. The molecule has 0 aliphatic carbocycles. The molecule has 0 unspecified atom stereocenters. The zero-order valence-corrected chi connectivity index (χ0v) is 15.0. The van der Waals surface area contributed by atoms with Crippen LogP contribution in [0.2, 0.25) is 5.02 Å². The molecule has 0 aliphatic heterocycles. The molecule has 0 aliphatic rings. The highest BCUT2D eigenvalue weighted by atomic mass is 35.5. The Morgan fingerprint density at radius 3 is 2.67 bits per heavy atom. The number of amides is 2. The maximum absolute atomic E-state index is 11.9. The number of anilines is 1. The van der Waals surface area contributed by atoms with Crippen LogP contribution in [0.15, 0.2) is 18.2 Å². The van der Waals surface area contributed by atoms with Crippen LogP contribution in [0, 0.1) is 0 Å². The predicted molar refractivity (Wildman–Crippen MR) is 93.8 cm³/mol. The number of rotatable bonds is 6. The normalized spacial score (nSPS) is 12.8. The number of thioether (sulfide) groups is 1. The van der Waals surface area contributed by atoms with Gasteiger partial charge in [0.25, 0.3) is 0 Å². The zero-order valence-electron chi connectivity index (χ0n) is 12.7. The van der Waals surface area contributed by atoms with Crippen molar-refractivity contribution in [2.45, 2.75) is 24.3 Å². The average Bonchev–Trinajstić information content (AvgIpc) is 2.40. The van der Waals surface area contributed by atoms with E-state index in [0.717, 1.165) is 5.56 Å². The summed E-state index contributed by atoms with van der Waals surface area (Å²) < 4.78 is 11.3. The van der Waals surface area contributed by atoms with E-state index in [0.29, 0.717) is 23.0 Å². The molecule has 4 nitrogen and oxygen atoms in total. The summed E-state index contributed by atoms with van der Waals surface area (Å²) in [6.07, 6.45) is 3.63. The van der Waals surface area contributed by atoms with E-state index in [-0.39, 0.29) is 10.8 Å². The second-order valence-electron chi connectivity index (χ2n) is 5.30. The summed E-state index contributed by atoms with van der Waals surface area (Å²) in [5, 5.41) is 6.15. The number of halogens is 1. The lowest BCUT2D eigenvalue weighted by molar-refractivity contribution is 0.251. The Kier molecular flexibility index (Phi) is 7.03. The molecule has 0 saturated heterocycles. The number of carbonyl (C=O) groups is 1. The topological polar surface area (TPSA) is 58.2 Å². The van der Waals surface area contributed by atoms with Crippen molar-refractivity contribution in [3.05, 3.63) is 28.8 Å². The first-order chi connectivity index (χ1) is 9.73. The van der Waals surface area contributed by atoms with Crippen molar-refractivity contribution in [3.63, 3.8) is 0 Å². The summed E-state index contributed by atoms with van der Waals surface area (Å²) in [6, 6.07) is 4.92. The van der Waals surface area contributed by atoms with Gasteiger partial charge < -0.3 is 10.6 Å². The first-order valence-electron chi connectivity index (χ1n) is 6.42. The fraction of sp³-hybridized carbons (Fsp3) is 0.500. The highest BCUT2D eigenvalue weighted by Gasteiger charge is 2.17. The molecule has 21 heavy (non-hydrogen) atoms. The first kappa shape index (κ1) is 18.3. The van der Waals surface area contributed by atoms with Crippen molar-refractivity contribution >= 4 is 45.9 Å². The third-order valence-electron chi connectivity index (χ3n) is 2.89. The van der Waals surface area contributed by atoms with Gasteiger partial charge in [-0.1, -0.05) is 11.6 Å². The van der Waals surface area contributed by atoms with Gasteiger partial charge in [0, 0.05) is 44.8 Å². The Hall–Kier alpha value is -0.720. The predicted octanol–water partition coefficient (Wildman–Crippen LogP) is 3.48. The van der Waals surface area contributed by atoms with Crippen molar-refractivity contribution < 1.29 is 9.00 Å². The number of urea groups is 1. The SMILES string of the molecule is CSC(C)(C)CNC(=O)Nc1ccc(Cl)c(C[S@@](C)=O)c1. The maximum Gasteiger partial charge on any atom is 0.319 e. The van der Waals surface area contributed by atoms with Crippen LogP contribution >= 0.6 is 23.4 Å². The third-order valence-corrected chi connectivity index (χ3v) is 5.23. The molecule has 118 valence electrons. The van der Waals surface area contributed by atoms with Crippen LogP contribution in [0.3, 0.4) is 0 Å². The van der Waals surface area contributed by atoms with E-state index in [1.165, 1.54) is 0 Å². The highest BCUT2D eigenvalue weighted by Crippen LogP contribution is 2.22. The number of hydrogen-bond acceptors (Lipinski definition) is 3. The summed E-state index contributed by atoms with van der Waals surface area (Å²) in [5.41, 5.74) is 1.40. The summed E-state index contributed by atoms with van der Waals surface area (Å²) in [7, 11) is -0.980. The average molecular weight is 349 g/mol. The Balaban J connectivity index is 2.66. The van der Waals surface area contributed by atoms with Crippen molar-refractivity contribution in [3.8, 4) is 0 Å². The van der Waals surface area contributed by atoms with Gasteiger partial charge in [-0.25, -0.2) is 4.79 Å². The van der Waals surface area contributed by atoms with Crippen molar-refractivity contribution in [2.75, 3.05) is 24.4 Å². The summed E-state index contributed by atoms with van der Waals surface area (Å²) in [5.74, 6) is 0.371. The third kappa shape index (κ3) is 6.72. The Morgan fingerprint density at radius 2 is 2.10 bits per heavy atom. The molecule has 0 aromatic heterocycles. The molecule has 0 bridgehead atoms. The molecule has 0 saturated carbocycles. The van der Waals surface area contributed by atoms with Crippen LogP contribution in [-0.4, -0.2) is 34.0 Å². The molecule has 0 radical (unpaired) electrons. The van der Waals surface area contributed by atoms with Crippen LogP contribution in [-0.2, 0) is 16.6 Å². The van der Waals surface area contributed by atoms with E-state index in [2.05, 4.69) is 24.5 Å². The second kappa shape index (κ2) is 8.06. The molecule has 0 heterocycles. The lowest BCUT2D eigenvalue weighted by atomic mass is 10.2. The van der Waals surface area contributed by atoms with Crippen LogP contribution in [0.4, 0.5) is 10.5 Å². The summed E-state index contributed by atoms with van der Waals surface area (Å²) >= 11 is 7.74. The van der Waals surface area contributed by atoms with E-state index in [1.807, 2.05) is 6.26 Å². The number of carbonyl (C=O) groups excluding carboxylic acids is 1. The van der Waals surface area contributed by atoms with Crippen LogP contribution < -0.4 is 10.6 Å². The van der Waals surface area contributed by atoms with Gasteiger partial charge in [-0.15, -0.1) is 0 Å². The fourth-order valence-corrected chi connectivity index (χ4v) is 2.68. The van der Waals surface area contributed by atoms with Crippen molar-refractivity contribution in [1.82, 2.24) is 5.32 Å². The van der Waals surface area contributed by atoms with Gasteiger partial charge in [0.05, 0.1) is 0 Å². The Bertz CT molecular complexity index is 536. The smallest absolute Gasteiger partial charge is 0.319 e. The molecule has 0 spiro atoms. The number of hydrogen-bond donors (Lipinski definition) is 2. The molecule has 1 aromatic carbocycles. The number of nitrogens with one attached hydrogen (secondary N) is 2.